The Bertz CT molecular complexity index is 247. The minimum atomic E-state index is 0.146. The van der Waals surface area contributed by atoms with Crippen molar-refractivity contribution in [3.05, 3.63) is 6.33 Å². The van der Waals surface area contributed by atoms with E-state index >= 15 is 0 Å². The summed E-state index contributed by atoms with van der Waals surface area (Å²) in [6.45, 7) is 0. The van der Waals surface area contributed by atoms with Gasteiger partial charge in [-0.25, -0.2) is 4.79 Å². The van der Waals surface area contributed by atoms with Gasteiger partial charge in [0.25, 0.3) is 5.95 Å². The largest absolute Gasteiger partial charge is 0.279 e. The first-order chi connectivity index (χ1) is 4.33. The van der Waals surface area contributed by atoms with Crippen LogP contribution in [0, 0.1) is 0 Å². The van der Waals surface area contributed by atoms with Crippen LogP contribution in [0.5, 0.6) is 0 Å². The molecule has 0 spiro atoms. The molecule has 0 N–H and O–H groups in total. The van der Waals surface area contributed by atoms with E-state index < -0.39 is 0 Å². The molecule has 0 amide bonds. The second-order valence-electron chi connectivity index (χ2n) is 1.42. The Morgan fingerprint density at radius 2 is 2.67 bits per heavy atom. The molecule has 0 aromatic carbocycles. The Kier molecular flexibility index (Phi) is 1.38. The lowest BCUT2D eigenvalue weighted by Gasteiger charge is -1.76. The fourth-order valence-corrected chi connectivity index (χ4v) is 0.420. The molecule has 0 unspecified atom stereocenters. The van der Waals surface area contributed by atoms with Crippen LogP contribution in [0.25, 0.3) is 0 Å². The summed E-state index contributed by atoms with van der Waals surface area (Å²) in [6, 6.07) is 0. The molecule has 46 valence electrons. The van der Waals surface area contributed by atoms with Gasteiger partial charge >= 0.3 is 0 Å². The highest BCUT2D eigenvalue weighted by Crippen LogP contribution is 1.96. The maximum Gasteiger partial charge on any atom is 0.279 e. The van der Waals surface area contributed by atoms with Crippen LogP contribution >= 0.6 is 0 Å². The van der Waals surface area contributed by atoms with Gasteiger partial charge in [0.05, 0.1) is 0 Å². The van der Waals surface area contributed by atoms with Gasteiger partial charge in [0.15, 0.2) is 0 Å². The number of isocyanates is 1. The van der Waals surface area contributed by atoms with Crippen LogP contribution < -0.4 is 0 Å². The molecule has 0 aliphatic rings. The smallest absolute Gasteiger partial charge is 0.254 e. The van der Waals surface area contributed by atoms with E-state index in [-0.39, 0.29) is 5.95 Å². The fraction of sp³-hybridized carbons (Fsp3) is 0.250. The fourth-order valence-electron chi connectivity index (χ4n) is 0.420. The number of aryl methyl sites for hydroxylation is 1. The van der Waals surface area contributed by atoms with Crippen molar-refractivity contribution in [3.63, 3.8) is 0 Å². The Balaban J connectivity index is 2.97. The van der Waals surface area contributed by atoms with E-state index in [1.807, 2.05) is 0 Å². The van der Waals surface area contributed by atoms with Crippen LogP contribution in [-0.4, -0.2) is 20.8 Å². The molecule has 9 heavy (non-hydrogen) atoms. The van der Waals surface area contributed by atoms with Gasteiger partial charge in [-0.3, -0.25) is 4.68 Å². The Hall–Kier alpha value is -1.48. The summed E-state index contributed by atoms with van der Waals surface area (Å²) in [5, 5.41) is 3.68. The molecule has 1 aromatic rings. The average molecular weight is 124 g/mol. The van der Waals surface area contributed by atoms with Crippen molar-refractivity contribution in [2.45, 2.75) is 0 Å². The van der Waals surface area contributed by atoms with Gasteiger partial charge in [-0.05, 0) is 0 Å². The second-order valence-corrected chi connectivity index (χ2v) is 1.42. The van der Waals surface area contributed by atoms with E-state index in [1.54, 1.807) is 7.05 Å². The Morgan fingerprint density at radius 1 is 1.89 bits per heavy atom. The quantitative estimate of drug-likeness (QED) is 0.384. The summed E-state index contributed by atoms with van der Waals surface area (Å²) in [5.41, 5.74) is 0. The summed E-state index contributed by atoms with van der Waals surface area (Å²) in [5.74, 6) is 0.146. The molecule has 0 bridgehead atoms. The summed E-state index contributed by atoms with van der Waals surface area (Å²) in [6.07, 6.45) is 2.79. The van der Waals surface area contributed by atoms with Crippen LogP contribution in [0.2, 0.25) is 0 Å². The van der Waals surface area contributed by atoms with E-state index in [1.165, 1.54) is 17.1 Å². The lowest BCUT2D eigenvalue weighted by atomic mass is 11.1. The average Bonchev–Trinajstić information content (AvgIpc) is 2.17. The van der Waals surface area contributed by atoms with Crippen LogP contribution in [0.1, 0.15) is 0 Å². The lowest BCUT2D eigenvalue weighted by molar-refractivity contribution is 0.565. The molecular weight excluding hydrogens is 120 g/mol. The van der Waals surface area contributed by atoms with E-state index in [9.17, 15) is 4.79 Å². The molecule has 1 rings (SSSR count). The van der Waals surface area contributed by atoms with Gasteiger partial charge in [-0.1, -0.05) is 0 Å². The SMILES string of the molecule is Cn1cnc(N=C=O)n1. The second kappa shape index (κ2) is 2.19. The molecule has 0 fully saturated rings. The predicted octanol–water partition coefficient (Wildman–Crippen LogP) is -0.218. The van der Waals surface area contributed by atoms with Gasteiger partial charge in [-0.15, -0.1) is 10.1 Å². The summed E-state index contributed by atoms with van der Waals surface area (Å²) >= 11 is 0. The third-order valence-corrected chi connectivity index (χ3v) is 0.733. The molecule has 1 aromatic heterocycles. The minimum absolute atomic E-state index is 0.146. The van der Waals surface area contributed by atoms with Crippen molar-refractivity contribution >= 4 is 12.0 Å². The monoisotopic (exact) mass is 124 g/mol. The van der Waals surface area contributed by atoms with Gasteiger partial charge in [0.2, 0.25) is 6.08 Å². The Morgan fingerprint density at radius 3 is 3.11 bits per heavy atom. The number of hydrogen-bond donors (Lipinski definition) is 0. The molecule has 0 saturated heterocycles. The molecule has 5 nitrogen and oxygen atoms in total. The number of rotatable bonds is 1. The zero-order valence-corrected chi connectivity index (χ0v) is 4.77. The zero-order chi connectivity index (χ0) is 6.69. The van der Waals surface area contributed by atoms with Crippen LogP contribution in [-0.2, 0) is 11.8 Å². The summed E-state index contributed by atoms with van der Waals surface area (Å²) in [7, 11) is 1.69. The predicted molar refractivity (Wildman–Crippen MR) is 28.8 cm³/mol. The molecule has 0 aliphatic carbocycles. The van der Waals surface area contributed by atoms with Crippen molar-refractivity contribution in [1.82, 2.24) is 14.8 Å². The first-order valence-corrected chi connectivity index (χ1v) is 2.26. The van der Waals surface area contributed by atoms with Gasteiger partial charge in [-0.2, -0.15) is 4.98 Å². The molecule has 1 heterocycles. The molecule has 0 radical (unpaired) electrons. The third kappa shape index (κ3) is 1.20. The first-order valence-electron chi connectivity index (χ1n) is 2.26. The lowest BCUT2D eigenvalue weighted by Crippen LogP contribution is -1.84. The number of aromatic nitrogens is 3. The van der Waals surface area contributed by atoms with Gasteiger partial charge in [0, 0.05) is 7.05 Å². The first kappa shape index (κ1) is 5.65. The van der Waals surface area contributed by atoms with E-state index in [4.69, 9.17) is 0 Å². The highest BCUT2D eigenvalue weighted by atomic mass is 16.1. The third-order valence-electron chi connectivity index (χ3n) is 0.733. The molecular formula is C4H4N4O. The standard InChI is InChI=1S/C4H4N4O/c1-8-2-5-4(7-8)6-3-9/h2H,1H3. The molecule has 0 saturated carbocycles. The number of nitrogens with zero attached hydrogens (tertiary/aromatic N) is 4. The van der Waals surface area contributed by atoms with Crippen LogP contribution in [0.4, 0.5) is 5.95 Å². The van der Waals surface area contributed by atoms with Crippen molar-refractivity contribution in [1.29, 1.82) is 0 Å². The number of hydrogen-bond acceptors (Lipinski definition) is 4. The van der Waals surface area contributed by atoms with E-state index in [0.717, 1.165) is 0 Å². The summed E-state index contributed by atoms with van der Waals surface area (Å²) < 4.78 is 1.45. The number of carbonyl (C=O) groups excluding carboxylic acids is 1. The topological polar surface area (TPSA) is 60.1 Å². The molecule has 5 heteroatoms. The van der Waals surface area contributed by atoms with Crippen LogP contribution in [0.3, 0.4) is 0 Å². The van der Waals surface area contributed by atoms with Crippen molar-refractivity contribution in [2.24, 2.45) is 12.0 Å². The van der Waals surface area contributed by atoms with Crippen molar-refractivity contribution in [3.8, 4) is 0 Å². The normalized spacial score (nSPS) is 8.56. The highest BCUT2D eigenvalue weighted by molar-refractivity contribution is 5.40. The van der Waals surface area contributed by atoms with E-state index in [0.29, 0.717) is 0 Å². The summed E-state index contributed by atoms with van der Waals surface area (Å²) in [4.78, 5) is 16.4. The molecule has 0 atom stereocenters. The van der Waals surface area contributed by atoms with Crippen molar-refractivity contribution in [2.75, 3.05) is 0 Å². The Labute approximate surface area is 51.0 Å². The molecule has 0 aliphatic heterocycles. The van der Waals surface area contributed by atoms with Crippen LogP contribution in [0.15, 0.2) is 11.3 Å². The maximum absolute atomic E-state index is 9.60. The zero-order valence-electron chi connectivity index (χ0n) is 4.77. The van der Waals surface area contributed by atoms with Gasteiger partial charge in [0.1, 0.15) is 6.33 Å². The van der Waals surface area contributed by atoms with Crippen molar-refractivity contribution < 1.29 is 4.79 Å². The maximum atomic E-state index is 9.60. The highest BCUT2D eigenvalue weighted by Gasteiger charge is 1.90. The number of aliphatic imine (C=N–C) groups is 1. The minimum Gasteiger partial charge on any atom is -0.254 e. The van der Waals surface area contributed by atoms with Gasteiger partial charge < -0.3 is 0 Å². The van der Waals surface area contributed by atoms with E-state index in [2.05, 4.69) is 15.1 Å².